The zero-order valence-electron chi connectivity index (χ0n) is 16.9. The molecule has 3 aliphatic rings. The van der Waals surface area contributed by atoms with Gasteiger partial charge < -0.3 is 25.8 Å². The van der Waals surface area contributed by atoms with Crippen LogP contribution in [0.2, 0.25) is 0 Å². The van der Waals surface area contributed by atoms with Gasteiger partial charge in [0.1, 0.15) is 34.5 Å². The summed E-state index contributed by atoms with van der Waals surface area (Å²) in [5.74, 6) is -2.13. The van der Waals surface area contributed by atoms with Crippen molar-refractivity contribution in [3.63, 3.8) is 0 Å². The predicted molar refractivity (Wildman–Crippen MR) is 125 cm³/mol. The van der Waals surface area contributed by atoms with E-state index >= 15 is 0 Å². The molecule has 0 aromatic carbocycles. The minimum Gasteiger partial charge on any atom is -0.477 e. The standard InChI is InChI=1S/C18H17BrN6O6S2/c1-30-24-11(9-6-33-18(20)21-9)14(26)22-12-15(27)25-13(17(28)29)7(5-32-16(12)25)2-3-8-4-10(19)23-31-8/h2-3,6,8,12,16H,4-5H2,1H3,(H2,20,21)(H,22,26)(H,28,29)/b3-2+,24-11-/t8?,12-,16-/m1/s1. The van der Waals surface area contributed by atoms with Crippen molar-refractivity contribution in [1.82, 2.24) is 15.2 Å². The highest BCUT2D eigenvalue weighted by molar-refractivity contribution is 9.18. The lowest BCUT2D eigenvalue weighted by Crippen LogP contribution is -2.71. The van der Waals surface area contributed by atoms with Crippen LogP contribution in [0.1, 0.15) is 12.1 Å². The topological polar surface area (TPSA) is 169 Å². The Labute approximate surface area is 203 Å². The monoisotopic (exact) mass is 556 g/mol. The Morgan fingerprint density at radius 3 is 2.91 bits per heavy atom. The Bertz CT molecular complexity index is 1130. The smallest absolute Gasteiger partial charge is 0.352 e. The molecular formula is C18H17BrN6O6S2. The van der Waals surface area contributed by atoms with E-state index in [1.807, 2.05) is 0 Å². The number of allylic oxidation sites excluding steroid dienone is 1. The molecule has 4 heterocycles. The van der Waals surface area contributed by atoms with Crippen molar-refractivity contribution in [2.75, 3.05) is 18.6 Å². The molecule has 1 saturated heterocycles. The number of thioether (sulfide) groups is 1. The Morgan fingerprint density at radius 2 is 2.30 bits per heavy atom. The molecule has 174 valence electrons. The highest BCUT2D eigenvalue weighted by Gasteiger charge is 2.54. The number of nitrogens with two attached hydrogens (primary N) is 1. The number of hydrogen-bond donors (Lipinski definition) is 3. The molecule has 0 saturated carbocycles. The van der Waals surface area contributed by atoms with Crippen molar-refractivity contribution >= 4 is 72.3 Å². The molecule has 2 amide bonds. The van der Waals surface area contributed by atoms with Crippen molar-refractivity contribution in [3.8, 4) is 0 Å². The zero-order valence-corrected chi connectivity index (χ0v) is 20.1. The maximum atomic E-state index is 12.8. The number of nitrogens with zero attached hydrogens (tertiary/aromatic N) is 4. The van der Waals surface area contributed by atoms with E-state index in [0.29, 0.717) is 22.4 Å². The summed E-state index contributed by atoms with van der Waals surface area (Å²) in [5, 5.41) is 21.1. The van der Waals surface area contributed by atoms with Crippen LogP contribution in [-0.2, 0) is 24.1 Å². The number of β-lactam (4-membered cyclic amide) rings is 1. The number of carboxylic acid groups (broad SMARTS) is 1. The number of rotatable bonds is 7. The summed E-state index contributed by atoms with van der Waals surface area (Å²) in [7, 11) is 1.27. The predicted octanol–water partition coefficient (Wildman–Crippen LogP) is 0.868. The average Bonchev–Trinajstić information content (AvgIpc) is 3.40. The van der Waals surface area contributed by atoms with E-state index in [-0.39, 0.29) is 28.3 Å². The van der Waals surface area contributed by atoms with Crippen LogP contribution in [0, 0.1) is 0 Å². The van der Waals surface area contributed by atoms with Crippen LogP contribution in [0.25, 0.3) is 0 Å². The Kier molecular flexibility index (Phi) is 6.71. The van der Waals surface area contributed by atoms with Gasteiger partial charge in [0.15, 0.2) is 16.9 Å². The second kappa shape index (κ2) is 9.52. The van der Waals surface area contributed by atoms with Gasteiger partial charge in [-0.05, 0) is 27.6 Å². The summed E-state index contributed by atoms with van der Waals surface area (Å²) in [6.45, 7) is 0. The molecule has 1 unspecified atom stereocenters. The van der Waals surface area contributed by atoms with Crippen LogP contribution in [0.15, 0.2) is 39.1 Å². The molecule has 3 aliphatic heterocycles. The number of nitrogens with one attached hydrogen (secondary N) is 1. The van der Waals surface area contributed by atoms with Gasteiger partial charge in [-0.25, -0.2) is 9.78 Å². The van der Waals surface area contributed by atoms with Gasteiger partial charge in [-0.15, -0.1) is 23.1 Å². The van der Waals surface area contributed by atoms with Gasteiger partial charge in [0.2, 0.25) is 0 Å². The highest BCUT2D eigenvalue weighted by atomic mass is 79.9. The number of aromatic nitrogens is 1. The van der Waals surface area contributed by atoms with Crippen LogP contribution < -0.4 is 11.1 Å². The van der Waals surface area contributed by atoms with Crippen molar-refractivity contribution in [3.05, 3.63) is 34.5 Å². The number of amides is 2. The first kappa shape index (κ1) is 23.3. The first-order valence-corrected chi connectivity index (χ1v) is 12.1. The quantitative estimate of drug-likeness (QED) is 0.250. The summed E-state index contributed by atoms with van der Waals surface area (Å²) in [6.07, 6.45) is 3.55. The number of fused-ring (bicyclic) bond motifs is 1. The Hall–Kier alpha value is -2.91. The third-order valence-corrected chi connectivity index (χ3v) is 7.26. The number of oxime groups is 2. The van der Waals surface area contributed by atoms with Gasteiger partial charge in [-0.3, -0.25) is 14.5 Å². The number of halogens is 1. The van der Waals surface area contributed by atoms with Crippen LogP contribution in [0.3, 0.4) is 0 Å². The first-order chi connectivity index (χ1) is 15.8. The molecule has 0 radical (unpaired) electrons. The Morgan fingerprint density at radius 1 is 1.52 bits per heavy atom. The van der Waals surface area contributed by atoms with Crippen LogP contribution in [0.4, 0.5) is 5.13 Å². The second-order valence-electron chi connectivity index (χ2n) is 6.91. The molecule has 15 heteroatoms. The van der Waals surface area contributed by atoms with Crippen molar-refractivity contribution in [2.45, 2.75) is 23.9 Å². The largest absolute Gasteiger partial charge is 0.477 e. The van der Waals surface area contributed by atoms with Gasteiger partial charge in [0, 0.05) is 17.6 Å². The molecule has 0 aliphatic carbocycles. The number of carbonyl (C=O) groups is 3. The fraction of sp³-hybridized carbons (Fsp3) is 0.333. The van der Waals surface area contributed by atoms with Crippen LogP contribution in [-0.4, -0.2) is 73.5 Å². The maximum Gasteiger partial charge on any atom is 0.352 e. The second-order valence-corrected chi connectivity index (χ2v) is 9.82. The zero-order chi connectivity index (χ0) is 23.7. The van der Waals surface area contributed by atoms with Crippen molar-refractivity contribution in [2.24, 2.45) is 10.3 Å². The van der Waals surface area contributed by atoms with E-state index in [0.717, 1.165) is 11.3 Å². The number of hydrogen-bond acceptors (Lipinski definition) is 11. The maximum absolute atomic E-state index is 12.8. The third-order valence-electron chi connectivity index (χ3n) is 4.82. The number of carboxylic acids is 1. The van der Waals surface area contributed by atoms with Crippen molar-refractivity contribution in [1.29, 1.82) is 0 Å². The number of anilines is 1. The minimum atomic E-state index is -1.23. The molecule has 4 N–H and O–H groups in total. The van der Waals surface area contributed by atoms with Gasteiger partial charge >= 0.3 is 5.97 Å². The lowest BCUT2D eigenvalue weighted by molar-refractivity contribution is -0.150. The Balaban J connectivity index is 1.50. The molecule has 12 nitrogen and oxygen atoms in total. The number of thiazole rings is 1. The van der Waals surface area contributed by atoms with Crippen molar-refractivity contribution < 1.29 is 29.2 Å². The fourth-order valence-electron chi connectivity index (χ4n) is 3.36. The summed E-state index contributed by atoms with van der Waals surface area (Å²) in [5.41, 5.74) is 6.03. The summed E-state index contributed by atoms with van der Waals surface area (Å²) in [4.78, 5) is 52.7. The fourth-order valence-corrected chi connectivity index (χ4v) is 5.63. The number of carbonyl (C=O) groups excluding carboxylic acids is 2. The molecule has 1 fully saturated rings. The average molecular weight is 557 g/mol. The lowest BCUT2D eigenvalue weighted by atomic mass is 10.0. The van der Waals surface area contributed by atoms with Gasteiger partial charge in [-0.1, -0.05) is 16.4 Å². The number of nitrogen functional groups attached to an aromatic ring is 1. The van der Waals surface area contributed by atoms with Gasteiger partial charge in [0.25, 0.3) is 11.8 Å². The van der Waals surface area contributed by atoms with E-state index in [1.165, 1.54) is 23.8 Å². The SMILES string of the molecule is CO/N=C(\C(=O)N[C@@H]1C(=O)N2C(C(=O)O)=C(/C=C/C3CC(Br)=NO3)CS[C@H]12)c1csc(N)n1. The highest BCUT2D eigenvalue weighted by Crippen LogP contribution is 2.40. The normalized spacial score (nSPS) is 24.8. The first-order valence-electron chi connectivity index (χ1n) is 9.41. The summed E-state index contributed by atoms with van der Waals surface area (Å²) >= 11 is 5.71. The van der Waals surface area contributed by atoms with Gasteiger partial charge in [0.05, 0.1) is 0 Å². The third kappa shape index (κ3) is 4.60. The molecule has 0 spiro atoms. The van der Waals surface area contributed by atoms with E-state index in [2.05, 4.69) is 36.5 Å². The van der Waals surface area contributed by atoms with Crippen LogP contribution >= 0.6 is 39.0 Å². The number of aliphatic carboxylic acids is 1. The van der Waals surface area contributed by atoms with E-state index in [4.69, 9.17) is 15.4 Å². The molecule has 33 heavy (non-hydrogen) atoms. The molecule has 4 rings (SSSR count). The molecule has 1 aromatic heterocycles. The van der Waals surface area contributed by atoms with Gasteiger partial charge in [-0.2, -0.15) is 0 Å². The summed E-state index contributed by atoms with van der Waals surface area (Å²) < 4.78 is 0.663. The molecule has 0 bridgehead atoms. The molecular weight excluding hydrogens is 540 g/mol. The summed E-state index contributed by atoms with van der Waals surface area (Å²) in [6, 6.07) is -0.928. The van der Waals surface area contributed by atoms with Crippen LogP contribution in [0.5, 0.6) is 0 Å². The lowest BCUT2D eigenvalue weighted by Gasteiger charge is -2.49. The molecule has 1 aromatic rings. The van der Waals surface area contributed by atoms with E-state index < -0.39 is 29.2 Å². The molecule has 3 atom stereocenters. The minimum absolute atomic E-state index is 0.124. The van der Waals surface area contributed by atoms with E-state index in [1.54, 1.807) is 17.5 Å². The van der Waals surface area contributed by atoms with E-state index in [9.17, 15) is 19.5 Å².